The number of hydrogen-bond donors (Lipinski definition) is 0. The normalized spacial score (nSPS) is 10.7. The molecule has 5 nitrogen and oxygen atoms in total. The Labute approximate surface area is 189 Å². The molecule has 2 rings (SSSR count). The maximum Gasteiger partial charge on any atom is 0.156 e. The smallest absolute Gasteiger partial charge is 0.156 e. The van der Waals surface area contributed by atoms with E-state index in [0.717, 1.165) is 5.56 Å². The minimum Gasteiger partial charge on any atom is -0.490 e. The molecule has 29 heavy (non-hydrogen) atoms. The minimum atomic E-state index is 0.121. The molecule has 0 aliphatic carbocycles. The second-order valence-corrected chi connectivity index (χ2v) is 7.26. The highest BCUT2D eigenvalue weighted by atomic mass is 35.5. The summed E-state index contributed by atoms with van der Waals surface area (Å²) < 4.78 is 16.9. The molecule has 0 N–H and O–H groups in total. The summed E-state index contributed by atoms with van der Waals surface area (Å²) in [5.74, 6) is 1.54. The van der Waals surface area contributed by atoms with Gasteiger partial charge in [0.25, 0.3) is 0 Å². The Bertz CT molecular complexity index is 814. The van der Waals surface area contributed by atoms with Gasteiger partial charge in [-0.2, -0.15) is 0 Å². The molecule has 0 aliphatic heterocycles. The van der Waals surface area contributed by atoms with Gasteiger partial charge in [-0.05, 0) is 42.8 Å². The molecule has 0 atom stereocenters. The van der Waals surface area contributed by atoms with Crippen molar-refractivity contribution in [3.8, 4) is 17.2 Å². The van der Waals surface area contributed by atoms with Crippen LogP contribution in [0.4, 0.5) is 0 Å². The predicted octanol–water partition coefficient (Wildman–Crippen LogP) is 6.52. The standard InChI is InChI=1S/C20H19Cl4NO4/c1-2-29-25-13-14-3-5-15(6-4-14)27-9-10-28-20-17(21)11-16(12-18(20)22)26-8-7-19(23)24/h3-7,11-13H,2,8-10H2,1H3. The number of rotatable bonds is 11. The van der Waals surface area contributed by atoms with Gasteiger partial charge in [0.1, 0.15) is 42.4 Å². The summed E-state index contributed by atoms with van der Waals surface area (Å²) in [6, 6.07) is 10.6. The zero-order valence-electron chi connectivity index (χ0n) is 15.5. The average Bonchev–Trinajstić information content (AvgIpc) is 2.68. The lowest BCUT2D eigenvalue weighted by molar-refractivity contribution is 0.160. The van der Waals surface area contributed by atoms with E-state index < -0.39 is 0 Å². The van der Waals surface area contributed by atoms with E-state index in [-0.39, 0.29) is 17.7 Å². The van der Waals surface area contributed by atoms with Gasteiger partial charge in [-0.15, -0.1) is 0 Å². The molecule has 0 saturated heterocycles. The van der Waals surface area contributed by atoms with Crippen LogP contribution in [0.15, 0.2) is 52.1 Å². The van der Waals surface area contributed by atoms with Crippen LogP contribution >= 0.6 is 46.4 Å². The number of oxime groups is 1. The molecule has 0 unspecified atom stereocenters. The van der Waals surface area contributed by atoms with Gasteiger partial charge in [0, 0.05) is 12.1 Å². The zero-order valence-corrected chi connectivity index (χ0v) is 18.6. The zero-order chi connectivity index (χ0) is 21.1. The van der Waals surface area contributed by atoms with Crippen LogP contribution in [0.1, 0.15) is 12.5 Å². The van der Waals surface area contributed by atoms with Crippen molar-refractivity contribution in [2.24, 2.45) is 5.16 Å². The van der Waals surface area contributed by atoms with Crippen LogP contribution < -0.4 is 14.2 Å². The highest BCUT2D eigenvalue weighted by molar-refractivity contribution is 6.55. The molecule has 0 aromatic heterocycles. The van der Waals surface area contributed by atoms with E-state index in [1.807, 2.05) is 31.2 Å². The van der Waals surface area contributed by atoms with Crippen molar-refractivity contribution in [3.05, 3.63) is 62.6 Å². The summed E-state index contributed by atoms with van der Waals surface area (Å²) >= 11 is 23.5. The van der Waals surface area contributed by atoms with Crippen molar-refractivity contribution in [1.29, 1.82) is 0 Å². The molecule has 0 bridgehead atoms. The molecule has 0 fully saturated rings. The Morgan fingerprint density at radius 2 is 1.59 bits per heavy atom. The number of benzene rings is 2. The fourth-order valence-electron chi connectivity index (χ4n) is 2.08. The van der Waals surface area contributed by atoms with Crippen molar-refractivity contribution < 1.29 is 19.0 Å². The van der Waals surface area contributed by atoms with Crippen LogP contribution in [0.2, 0.25) is 10.0 Å². The van der Waals surface area contributed by atoms with Crippen molar-refractivity contribution in [2.45, 2.75) is 6.92 Å². The largest absolute Gasteiger partial charge is 0.490 e. The van der Waals surface area contributed by atoms with Gasteiger partial charge in [0.2, 0.25) is 0 Å². The van der Waals surface area contributed by atoms with Crippen molar-refractivity contribution in [3.63, 3.8) is 0 Å². The van der Waals surface area contributed by atoms with Crippen LogP contribution in [-0.4, -0.2) is 32.6 Å². The highest BCUT2D eigenvalue weighted by Gasteiger charge is 2.11. The molecule has 0 amide bonds. The van der Waals surface area contributed by atoms with Gasteiger partial charge < -0.3 is 19.0 Å². The Balaban J connectivity index is 1.82. The number of ether oxygens (including phenoxy) is 3. The minimum absolute atomic E-state index is 0.121. The van der Waals surface area contributed by atoms with E-state index in [2.05, 4.69) is 5.16 Å². The van der Waals surface area contributed by atoms with Crippen LogP contribution in [0, 0.1) is 0 Å². The third-order valence-electron chi connectivity index (χ3n) is 3.34. The monoisotopic (exact) mass is 477 g/mol. The topological polar surface area (TPSA) is 49.3 Å². The predicted molar refractivity (Wildman–Crippen MR) is 118 cm³/mol. The van der Waals surface area contributed by atoms with Crippen LogP contribution in [0.25, 0.3) is 0 Å². The quantitative estimate of drug-likeness (QED) is 0.209. The van der Waals surface area contributed by atoms with E-state index in [0.29, 0.717) is 40.5 Å². The molecule has 0 spiro atoms. The summed E-state index contributed by atoms with van der Waals surface area (Å²) in [6.45, 7) is 3.17. The second kappa shape index (κ2) is 12.7. The Hall–Kier alpha value is -1.79. The molecule has 156 valence electrons. The van der Waals surface area contributed by atoms with Crippen molar-refractivity contribution in [2.75, 3.05) is 26.4 Å². The molecule has 0 saturated carbocycles. The first-order valence-electron chi connectivity index (χ1n) is 8.63. The first kappa shape index (κ1) is 23.5. The van der Waals surface area contributed by atoms with E-state index >= 15 is 0 Å². The molecular weight excluding hydrogens is 460 g/mol. The van der Waals surface area contributed by atoms with Gasteiger partial charge in [-0.1, -0.05) is 51.6 Å². The Morgan fingerprint density at radius 1 is 0.931 bits per heavy atom. The molecule has 2 aromatic rings. The fraction of sp³-hybridized carbons (Fsp3) is 0.250. The Morgan fingerprint density at radius 3 is 2.21 bits per heavy atom. The lowest BCUT2D eigenvalue weighted by Crippen LogP contribution is -2.09. The molecule has 0 heterocycles. The van der Waals surface area contributed by atoms with E-state index in [4.69, 9.17) is 65.5 Å². The van der Waals surface area contributed by atoms with Crippen LogP contribution in [-0.2, 0) is 4.84 Å². The summed E-state index contributed by atoms with van der Waals surface area (Å²) in [4.78, 5) is 4.92. The Kier molecular flexibility index (Phi) is 10.3. The van der Waals surface area contributed by atoms with Gasteiger partial charge in [-0.25, -0.2) is 0 Å². The molecule has 2 aromatic carbocycles. The third kappa shape index (κ3) is 8.62. The third-order valence-corrected chi connectivity index (χ3v) is 4.21. The molecular formula is C20H19Cl4NO4. The maximum absolute atomic E-state index is 6.22. The lowest BCUT2D eigenvalue weighted by atomic mass is 10.2. The number of hydrogen-bond acceptors (Lipinski definition) is 5. The lowest BCUT2D eigenvalue weighted by Gasteiger charge is -2.13. The van der Waals surface area contributed by atoms with Crippen molar-refractivity contribution in [1.82, 2.24) is 0 Å². The van der Waals surface area contributed by atoms with Gasteiger partial charge >= 0.3 is 0 Å². The first-order chi connectivity index (χ1) is 14.0. The fourth-order valence-corrected chi connectivity index (χ4v) is 2.79. The highest BCUT2D eigenvalue weighted by Crippen LogP contribution is 2.37. The summed E-state index contributed by atoms with van der Waals surface area (Å²) in [5.41, 5.74) is 0.909. The van der Waals surface area contributed by atoms with E-state index in [1.54, 1.807) is 18.3 Å². The molecule has 0 radical (unpaired) electrons. The van der Waals surface area contributed by atoms with Gasteiger partial charge in [0.15, 0.2) is 5.75 Å². The summed E-state index contributed by atoms with van der Waals surface area (Å²) in [7, 11) is 0. The van der Waals surface area contributed by atoms with Crippen LogP contribution in [0.5, 0.6) is 17.2 Å². The molecule has 9 heteroatoms. The SMILES string of the molecule is CCON=Cc1ccc(OCCOc2c(Cl)cc(OCC=C(Cl)Cl)cc2Cl)cc1. The van der Waals surface area contributed by atoms with Gasteiger partial charge in [-0.3, -0.25) is 0 Å². The number of nitrogens with zero attached hydrogens (tertiary/aromatic N) is 1. The van der Waals surface area contributed by atoms with Crippen LogP contribution in [0.3, 0.4) is 0 Å². The van der Waals surface area contributed by atoms with Gasteiger partial charge in [0.05, 0.1) is 16.3 Å². The second-order valence-electron chi connectivity index (χ2n) is 5.44. The molecule has 0 aliphatic rings. The summed E-state index contributed by atoms with van der Waals surface area (Å²) in [6.07, 6.45) is 3.14. The first-order valence-corrected chi connectivity index (χ1v) is 10.1. The average molecular weight is 479 g/mol. The van der Waals surface area contributed by atoms with Crippen molar-refractivity contribution >= 4 is 52.6 Å². The van der Waals surface area contributed by atoms with E-state index in [1.165, 1.54) is 6.08 Å². The van der Waals surface area contributed by atoms with E-state index in [9.17, 15) is 0 Å². The summed E-state index contributed by atoms with van der Waals surface area (Å²) in [5, 5.41) is 4.46. The number of halogens is 4. The maximum atomic E-state index is 6.22.